The van der Waals surface area contributed by atoms with Crippen molar-refractivity contribution >= 4 is 16.9 Å². The SMILES string of the molecule is C=C/C=C(\C=C(/C)OC)c1ccn2c(-c3cccc(N)c3)cnc2c1. The van der Waals surface area contributed by atoms with Gasteiger partial charge < -0.3 is 10.5 Å². The lowest BCUT2D eigenvalue weighted by Gasteiger charge is -2.07. The summed E-state index contributed by atoms with van der Waals surface area (Å²) < 4.78 is 7.31. The van der Waals surface area contributed by atoms with Gasteiger partial charge in [0.2, 0.25) is 0 Å². The Kier molecular flexibility index (Phi) is 4.70. The quantitative estimate of drug-likeness (QED) is 0.419. The highest BCUT2D eigenvalue weighted by atomic mass is 16.5. The molecule has 0 aliphatic rings. The van der Waals surface area contributed by atoms with Crippen molar-refractivity contribution in [1.82, 2.24) is 9.38 Å². The standard InChI is InChI=1S/C21H21N3O/c1-4-6-16(11-15(2)25-3)17-9-10-24-20(14-23-21(24)13-17)18-7-5-8-19(22)12-18/h4-14H,1,22H2,2-3H3/b15-11+,16-6+. The Hall–Kier alpha value is -3.27. The third-order valence-corrected chi connectivity index (χ3v) is 4.01. The van der Waals surface area contributed by atoms with Gasteiger partial charge in [-0.15, -0.1) is 0 Å². The molecule has 0 radical (unpaired) electrons. The van der Waals surface area contributed by atoms with E-state index in [0.717, 1.165) is 39.5 Å². The number of aromatic nitrogens is 2. The number of nitrogen functional groups attached to an aromatic ring is 1. The molecular formula is C21H21N3O. The third kappa shape index (κ3) is 3.48. The van der Waals surface area contributed by atoms with E-state index in [0.29, 0.717) is 0 Å². The average molecular weight is 331 g/mol. The molecule has 0 spiro atoms. The van der Waals surface area contributed by atoms with Crippen LogP contribution in [-0.4, -0.2) is 16.5 Å². The van der Waals surface area contributed by atoms with E-state index in [1.807, 2.05) is 61.8 Å². The first-order valence-electron chi connectivity index (χ1n) is 8.01. The van der Waals surface area contributed by atoms with E-state index >= 15 is 0 Å². The summed E-state index contributed by atoms with van der Waals surface area (Å²) in [5.74, 6) is 0.830. The van der Waals surface area contributed by atoms with E-state index in [1.54, 1.807) is 13.2 Å². The highest BCUT2D eigenvalue weighted by Gasteiger charge is 2.08. The maximum absolute atomic E-state index is 5.90. The number of benzene rings is 1. The molecule has 0 fully saturated rings. The summed E-state index contributed by atoms with van der Waals surface area (Å²) >= 11 is 0. The van der Waals surface area contributed by atoms with Crippen molar-refractivity contribution in [2.75, 3.05) is 12.8 Å². The molecule has 2 N–H and O–H groups in total. The molecule has 0 aliphatic heterocycles. The predicted molar refractivity (Wildman–Crippen MR) is 104 cm³/mol. The number of nitrogens with zero attached hydrogens (tertiary/aromatic N) is 2. The van der Waals surface area contributed by atoms with Gasteiger partial charge in [-0.2, -0.15) is 0 Å². The molecule has 0 unspecified atom stereocenters. The number of fused-ring (bicyclic) bond motifs is 1. The molecule has 0 bridgehead atoms. The monoisotopic (exact) mass is 331 g/mol. The first-order chi connectivity index (χ1) is 12.1. The summed E-state index contributed by atoms with van der Waals surface area (Å²) in [5.41, 5.74) is 11.6. The van der Waals surface area contributed by atoms with E-state index in [1.165, 1.54) is 0 Å². The highest BCUT2D eigenvalue weighted by Crippen LogP contribution is 2.25. The van der Waals surface area contributed by atoms with Crippen LogP contribution in [0.4, 0.5) is 5.69 Å². The lowest BCUT2D eigenvalue weighted by Crippen LogP contribution is -1.92. The van der Waals surface area contributed by atoms with Crippen molar-refractivity contribution in [3.8, 4) is 11.3 Å². The highest BCUT2D eigenvalue weighted by molar-refractivity contribution is 5.78. The zero-order valence-electron chi connectivity index (χ0n) is 14.4. The Labute approximate surface area is 147 Å². The minimum absolute atomic E-state index is 0.737. The molecule has 4 heteroatoms. The summed E-state index contributed by atoms with van der Waals surface area (Å²) in [6, 6.07) is 11.9. The molecule has 2 aromatic heterocycles. The summed E-state index contributed by atoms with van der Waals surface area (Å²) in [4.78, 5) is 4.54. The normalized spacial score (nSPS) is 12.4. The number of anilines is 1. The van der Waals surface area contributed by atoms with E-state index in [2.05, 4.69) is 22.0 Å². The number of hydrogen-bond acceptors (Lipinski definition) is 3. The van der Waals surface area contributed by atoms with Crippen LogP contribution in [0.5, 0.6) is 0 Å². The Bertz CT molecular complexity index is 980. The van der Waals surface area contributed by atoms with Crippen molar-refractivity contribution in [1.29, 1.82) is 0 Å². The van der Waals surface area contributed by atoms with Gasteiger partial charge >= 0.3 is 0 Å². The zero-order valence-corrected chi connectivity index (χ0v) is 14.4. The van der Waals surface area contributed by atoms with Gasteiger partial charge in [-0.05, 0) is 48.4 Å². The number of ether oxygens (including phenoxy) is 1. The van der Waals surface area contributed by atoms with Crippen LogP contribution < -0.4 is 5.73 Å². The Balaban J connectivity index is 2.07. The van der Waals surface area contributed by atoms with Crippen molar-refractivity contribution in [2.24, 2.45) is 0 Å². The van der Waals surface area contributed by atoms with Gasteiger partial charge in [0.25, 0.3) is 0 Å². The number of rotatable bonds is 5. The fourth-order valence-electron chi connectivity index (χ4n) is 2.70. The van der Waals surface area contributed by atoms with Crippen LogP contribution in [0.3, 0.4) is 0 Å². The largest absolute Gasteiger partial charge is 0.501 e. The number of imidazole rings is 1. The van der Waals surface area contributed by atoms with Crippen LogP contribution in [0, 0.1) is 0 Å². The van der Waals surface area contributed by atoms with Gasteiger partial charge in [0.1, 0.15) is 5.65 Å². The molecule has 126 valence electrons. The Morgan fingerprint density at radius 2 is 2.12 bits per heavy atom. The topological polar surface area (TPSA) is 52.5 Å². The number of methoxy groups -OCH3 is 1. The molecule has 1 aromatic carbocycles. The van der Waals surface area contributed by atoms with Gasteiger partial charge in [-0.25, -0.2) is 4.98 Å². The number of nitrogens with two attached hydrogens (primary N) is 1. The molecule has 0 atom stereocenters. The van der Waals surface area contributed by atoms with Gasteiger partial charge in [0.05, 0.1) is 24.8 Å². The number of allylic oxidation sites excluding steroid dienone is 5. The number of hydrogen-bond donors (Lipinski definition) is 1. The minimum Gasteiger partial charge on any atom is -0.501 e. The van der Waals surface area contributed by atoms with Gasteiger partial charge in [0, 0.05) is 17.4 Å². The van der Waals surface area contributed by atoms with Crippen molar-refractivity contribution in [3.05, 3.63) is 84.9 Å². The average Bonchev–Trinajstić information content (AvgIpc) is 3.04. The van der Waals surface area contributed by atoms with Crippen molar-refractivity contribution < 1.29 is 4.74 Å². The van der Waals surface area contributed by atoms with Crippen LogP contribution in [-0.2, 0) is 4.74 Å². The summed E-state index contributed by atoms with van der Waals surface area (Å²) in [5, 5.41) is 0. The van der Waals surface area contributed by atoms with Gasteiger partial charge in [0.15, 0.2) is 0 Å². The van der Waals surface area contributed by atoms with Crippen molar-refractivity contribution in [2.45, 2.75) is 6.92 Å². The van der Waals surface area contributed by atoms with Crippen LogP contribution >= 0.6 is 0 Å². The summed E-state index contributed by atoms with van der Waals surface area (Å²) in [6.45, 7) is 5.71. The van der Waals surface area contributed by atoms with Crippen molar-refractivity contribution in [3.63, 3.8) is 0 Å². The molecule has 0 amide bonds. The fraction of sp³-hybridized carbons (Fsp3) is 0.0952. The zero-order chi connectivity index (χ0) is 17.8. The molecule has 25 heavy (non-hydrogen) atoms. The lowest BCUT2D eigenvalue weighted by molar-refractivity contribution is 0.294. The first-order valence-corrected chi connectivity index (χ1v) is 8.01. The Morgan fingerprint density at radius 3 is 2.84 bits per heavy atom. The second-order valence-corrected chi connectivity index (χ2v) is 5.73. The first kappa shape index (κ1) is 16.6. The molecule has 0 aliphatic carbocycles. The Morgan fingerprint density at radius 1 is 1.28 bits per heavy atom. The van der Waals surface area contributed by atoms with E-state index < -0.39 is 0 Å². The molecule has 0 saturated carbocycles. The van der Waals surface area contributed by atoms with E-state index in [-0.39, 0.29) is 0 Å². The van der Waals surface area contributed by atoms with Gasteiger partial charge in [-0.3, -0.25) is 4.40 Å². The van der Waals surface area contributed by atoms with E-state index in [9.17, 15) is 0 Å². The summed E-state index contributed by atoms with van der Waals surface area (Å²) in [6.07, 6.45) is 9.58. The fourth-order valence-corrected chi connectivity index (χ4v) is 2.70. The van der Waals surface area contributed by atoms with E-state index in [4.69, 9.17) is 10.5 Å². The van der Waals surface area contributed by atoms with Crippen LogP contribution in [0.15, 0.2) is 79.4 Å². The smallest absolute Gasteiger partial charge is 0.137 e. The van der Waals surface area contributed by atoms with Gasteiger partial charge in [-0.1, -0.05) is 30.9 Å². The van der Waals surface area contributed by atoms with Crippen LogP contribution in [0.2, 0.25) is 0 Å². The minimum atomic E-state index is 0.737. The predicted octanol–water partition coefficient (Wildman–Crippen LogP) is 4.70. The second-order valence-electron chi connectivity index (χ2n) is 5.73. The maximum Gasteiger partial charge on any atom is 0.137 e. The molecule has 2 heterocycles. The molecule has 3 aromatic rings. The second kappa shape index (κ2) is 7.09. The van der Waals surface area contributed by atoms with Crippen LogP contribution in [0.25, 0.3) is 22.5 Å². The third-order valence-electron chi connectivity index (χ3n) is 4.01. The molecular weight excluding hydrogens is 310 g/mol. The molecule has 0 saturated heterocycles. The summed E-state index contributed by atoms with van der Waals surface area (Å²) in [7, 11) is 1.66. The molecule has 3 rings (SSSR count). The number of pyridine rings is 1. The van der Waals surface area contributed by atoms with Crippen LogP contribution in [0.1, 0.15) is 12.5 Å². The lowest BCUT2D eigenvalue weighted by atomic mass is 10.1. The maximum atomic E-state index is 5.90. The molecule has 4 nitrogen and oxygen atoms in total.